The van der Waals surface area contributed by atoms with Crippen LogP contribution in [0.3, 0.4) is 0 Å². The molecular formula is C29H37N5O5S. The predicted molar refractivity (Wildman–Crippen MR) is 149 cm³/mol. The maximum Gasteiger partial charge on any atom is 0.265 e. The van der Waals surface area contributed by atoms with E-state index in [1.165, 1.54) is 24.6 Å². The SMILES string of the molecule is CNC(=O)[C@@H](NC(=O)C1CN(C(=O)c2cncs2)CC12CN(C(=O)[C@H]1CC1(C)C)C2)[C@@H](C)OCc1ccccc1. The Morgan fingerprint density at radius 3 is 2.38 bits per heavy atom. The summed E-state index contributed by atoms with van der Waals surface area (Å²) in [5, 5.41) is 5.56. The Balaban J connectivity index is 1.31. The lowest BCUT2D eigenvalue weighted by atomic mass is 9.70. The van der Waals surface area contributed by atoms with Crippen LogP contribution in [0.15, 0.2) is 42.0 Å². The Hall–Kier alpha value is -3.31. The molecule has 2 aromatic rings. The number of rotatable bonds is 9. The molecule has 214 valence electrons. The Bertz CT molecular complexity index is 1260. The van der Waals surface area contributed by atoms with Crippen LogP contribution < -0.4 is 10.6 Å². The molecule has 1 aromatic carbocycles. The van der Waals surface area contributed by atoms with Gasteiger partial charge in [0.25, 0.3) is 5.91 Å². The van der Waals surface area contributed by atoms with Gasteiger partial charge in [-0.1, -0.05) is 44.2 Å². The summed E-state index contributed by atoms with van der Waals surface area (Å²) >= 11 is 1.26. The van der Waals surface area contributed by atoms with Crippen molar-refractivity contribution >= 4 is 35.0 Å². The quantitative estimate of drug-likeness (QED) is 0.478. The molecule has 1 spiro atoms. The van der Waals surface area contributed by atoms with Crippen LogP contribution >= 0.6 is 11.3 Å². The second-order valence-corrected chi connectivity index (χ2v) is 12.9. The van der Waals surface area contributed by atoms with Gasteiger partial charge in [-0.05, 0) is 24.3 Å². The zero-order valence-electron chi connectivity index (χ0n) is 23.4. The minimum absolute atomic E-state index is 0.00806. The van der Waals surface area contributed by atoms with Gasteiger partial charge >= 0.3 is 0 Å². The highest BCUT2D eigenvalue weighted by molar-refractivity contribution is 7.11. The smallest absolute Gasteiger partial charge is 0.265 e. The second-order valence-electron chi connectivity index (χ2n) is 12.0. The summed E-state index contributed by atoms with van der Waals surface area (Å²) in [5.41, 5.74) is 2.01. The van der Waals surface area contributed by atoms with Crippen molar-refractivity contribution < 1.29 is 23.9 Å². The normalized spacial score (nSPS) is 23.7. The Kier molecular flexibility index (Phi) is 7.71. The highest BCUT2D eigenvalue weighted by Gasteiger charge is 2.62. The molecule has 4 atom stereocenters. The molecule has 3 fully saturated rings. The van der Waals surface area contributed by atoms with Crippen molar-refractivity contribution in [1.82, 2.24) is 25.4 Å². The number of ether oxygens (including phenoxy) is 1. The van der Waals surface area contributed by atoms with E-state index in [0.29, 0.717) is 31.1 Å². The van der Waals surface area contributed by atoms with Gasteiger partial charge in [0, 0.05) is 44.6 Å². The van der Waals surface area contributed by atoms with Crippen molar-refractivity contribution in [3.63, 3.8) is 0 Å². The third kappa shape index (κ3) is 5.49. The largest absolute Gasteiger partial charge is 0.371 e. The number of thiazole rings is 1. The number of carbonyl (C=O) groups excluding carboxylic acids is 4. The van der Waals surface area contributed by atoms with Gasteiger partial charge in [0.05, 0.1) is 30.3 Å². The summed E-state index contributed by atoms with van der Waals surface area (Å²) in [6, 6.07) is 8.69. The van der Waals surface area contributed by atoms with Gasteiger partial charge in [-0.25, -0.2) is 0 Å². The molecule has 5 rings (SSSR count). The molecule has 1 saturated carbocycles. The minimum Gasteiger partial charge on any atom is -0.371 e. The van der Waals surface area contributed by atoms with E-state index in [2.05, 4.69) is 29.5 Å². The lowest BCUT2D eigenvalue weighted by Crippen LogP contribution is -2.65. The minimum atomic E-state index is -0.922. The van der Waals surface area contributed by atoms with E-state index in [-0.39, 0.29) is 41.5 Å². The summed E-state index contributed by atoms with van der Waals surface area (Å²) in [4.78, 5) is 61.0. The molecule has 2 saturated heterocycles. The van der Waals surface area contributed by atoms with Gasteiger partial charge in [-0.15, -0.1) is 11.3 Å². The average molecular weight is 568 g/mol. The summed E-state index contributed by atoms with van der Waals surface area (Å²) in [5.74, 6) is -1.30. The van der Waals surface area contributed by atoms with Crippen LogP contribution in [-0.2, 0) is 25.7 Å². The van der Waals surface area contributed by atoms with Crippen molar-refractivity contribution in [2.75, 3.05) is 33.2 Å². The molecule has 1 unspecified atom stereocenters. The van der Waals surface area contributed by atoms with Crippen molar-refractivity contribution in [3.8, 4) is 0 Å². The van der Waals surface area contributed by atoms with Crippen molar-refractivity contribution in [2.24, 2.45) is 22.7 Å². The monoisotopic (exact) mass is 567 g/mol. The fourth-order valence-corrected chi connectivity index (χ4v) is 6.55. The summed E-state index contributed by atoms with van der Waals surface area (Å²) in [6.45, 7) is 7.63. The first-order valence-corrected chi connectivity index (χ1v) is 14.6. The van der Waals surface area contributed by atoms with E-state index >= 15 is 0 Å². The van der Waals surface area contributed by atoms with Gasteiger partial charge in [-0.2, -0.15) is 0 Å². The number of hydrogen-bond donors (Lipinski definition) is 2. The van der Waals surface area contributed by atoms with E-state index in [0.717, 1.165) is 12.0 Å². The van der Waals surface area contributed by atoms with Crippen LogP contribution in [-0.4, -0.2) is 83.8 Å². The number of aromatic nitrogens is 1. The van der Waals surface area contributed by atoms with E-state index in [9.17, 15) is 19.2 Å². The van der Waals surface area contributed by atoms with E-state index in [4.69, 9.17) is 4.74 Å². The molecular weight excluding hydrogens is 530 g/mol. The van der Waals surface area contributed by atoms with Crippen LogP contribution in [0, 0.1) is 22.7 Å². The average Bonchev–Trinajstić information content (AvgIpc) is 3.30. The van der Waals surface area contributed by atoms with Crippen LogP contribution in [0.2, 0.25) is 0 Å². The van der Waals surface area contributed by atoms with Crippen molar-refractivity contribution in [2.45, 2.75) is 45.9 Å². The van der Waals surface area contributed by atoms with Gasteiger partial charge < -0.3 is 25.2 Å². The zero-order chi connectivity index (χ0) is 28.7. The molecule has 0 radical (unpaired) electrons. The fraction of sp³-hybridized carbons (Fsp3) is 0.552. The Morgan fingerprint density at radius 2 is 1.77 bits per heavy atom. The van der Waals surface area contributed by atoms with Crippen LogP contribution in [0.25, 0.3) is 0 Å². The van der Waals surface area contributed by atoms with Crippen LogP contribution in [0.1, 0.15) is 42.4 Å². The molecule has 2 N–H and O–H groups in total. The molecule has 0 bridgehead atoms. The maximum atomic E-state index is 13.8. The highest BCUT2D eigenvalue weighted by atomic mass is 32.1. The third-order valence-electron chi connectivity index (χ3n) is 8.68. The molecule has 40 heavy (non-hydrogen) atoms. The number of amides is 4. The molecule has 11 heteroatoms. The van der Waals surface area contributed by atoms with E-state index < -0.39 is 23.5 Å². The number of nitrogens with one attached hydrogen (secondary N) is 2. The van der Waals surface area contributed by atoms with Gasteiger partial charge in [-0.3, -0.25) is 24.2 Å². The number of benzene rings is 1. The number of carbonyl (C=O) groups is 4. The maximum absolute atomic E-state index is 13.8. The molecule has 3 heterocycles. The first-order chi connectivity index (χ1) is 19.0. The molecule has 1 aromatic heterocycles. The topological polar surface area (TPSA) is 121 Å². The summed E-state index contributed by atoms with van der Waals surface area (Å²) in [6.07, 6.45) is 1.80. The number of hydrogen-bond acceptors (Lipinski definition) is 7. The van der Waals surface area contributed by atoms with Gasteiger partial charge in [0.1, 0.15) is 10.9 Å². The Labute approximate surface area is 238 Å². The fourth-order valence-electron chi connectivity index (χ4n) is 5.96. The first-order valence-electron chi connectivity index (χ1n) is 13.7. The number of likely N-dealkylation sites (tertiary alicyclic amines) is 2. The number of nitrogens with zero attached hydrogens (tertiary/aromatic N) is 3. The zero-order valence-corrected chi connectivity index (χ0v) is 24.2. The lowest BCUT2D eigenvalue weighted by molar-refractivity contribution is -0.152. The molecule has 4 amide bonds. The lowest BCUT2D eigenvalue weighted by Gasteiger charge is -2.50. The Morgan fingerprint density at radius 1 is 1.10 bits per heavy atom. The number of likely N-dealkylation sites (N-methyl/N-ethyl adjacent to an activating group) is 1. The van der Waals surface area contributed by atoms with Gasteiger partial charge in [0.2, 0.25) is 17.7 Å². The first kappa shape index (κ1) is 28.2. The van der Waals surface area contributed by atoms with E-state index in [1.54, 1.807) is 17.3 Å². The molecule has 3 aliphatic rings. The second kappa shape index (κ2) is 10.9. The summed E-state index contributed by atoms with van der Waals surface area (Å²) in [7, 11) is 1.52. The molecule has 10 nitrogen and oxygen atoms in total. The van der Waals surface area contributed by atoms with Gasteiger partial charge in [0.15, 0.2) is 0 Å². The standard InChI is InChI=1S/C29H37N5O5S/c1-18(39-13-19-8-6-5-7-9-19)23(25(36)30-4)32-24(35)21-12-33(27(38)22-11-31-17-40-22)14-29(21)15-34(16-29)26(37)20-10-28(20,2)3/h5-9,11,17-18,20-21,23H,10,12-16H2,1-4H3,(H,30,36)(H,32,35)/t18-,20-,21?,23+/m1/s1. The van der Waals surface area contributed by atoms with Crippen LogP contribution in [0.5, 0.6) is 0 Å². The third-order valence-corrected chi connectivity index (χ3v) is 9.44. The van der Waals surface area contributed by atoms with Crippen molar-refractivity contribution in [1.29, 1.82) is 0 Å². The molecule has 2 aliphatic heterocycles. The predicted octanol–water partition coefficient (Wildman–Crippen LogP) is 1.93. The highest BCUT2D eigenvalue weighted by Crippen LogP contribution is 2.54. The summed E-state index contributed by atoms with van der Waals surface area (Å²) < 4.78 is 5.98. The molecule has 1 aliphatic carbocycles. The van der Waals surface area contributed by atoms with Crippen LogP contribution in [0.4, 0.5) is 0 Å². The van der Waals surface area contributed by atoms with Crippen molar-refractivity contribution in [3.05, 3.63) is 52.5 Å². The van der Waals surface area contributed by atoms with E-state index in [1.807, 2.05) is 35.2 Å².